The molecule has 2 N–H and O–H groups in total. The zero-order chi connectivity index (χ0) is 22.2. The van der Waals surface area contributed by atoms with Crippen LogP contribution in [0.2, 0.25) is 0 Å². The van der Waals surface area contributed by atoms with E-state index in [1.54, 1.807) is 0 Å². The van der Waals surface area contributed by atoms with Crippen LogP contribution >= 0.6 is 0 Å². The summed E-state index contributed by atoms with van der Waals surface area (Å²) in [5, 5.41) is 21.0. The van der Waals surface area contributed by atoms with Crippen LogP contribution in [-0.2, 0) is 9.53 Å². The SMILES string of the molecule is CCCC[C@H](C)C[C@H](O)/C=C/[C@@H]1[C@H]2CC(CCCC(=O)N3CCOCC3)=C[C@H]2C[C@H]1O. The summed E-state index contributed by atoms with van der Waals surface area (Å²) in [6.45, 7) is 7.17. The van der Waals surface area contributed by atoms with Gasteiger partial charge in [-0.05, 0) is 49.9 Å². The van der Waals surface area contributed by atoms with Gasteiger partial charge in [-0.25, -0.2) is 0 Å². The van der Waals surface area contributed by atoms with E-state index in [0.717, 1.165) is 45.2 Å². The average Bonchev–Trinajstić information content (AvgIpc) is 3.27. The molecule has 5 nitrogen and oxygen atoms in total. The molecular formula is C26H43NO4. The summed E-state index contributed by atoms with van der Waals surface area (Å²) in [7, 11) is 0. The number of hydrogen-bond donors (Lipinski definition) is 2. The molecule has 5 heteroatoms. The Hall–Kier alpha value is -1.17. The summed E-state index contributed by atoms with van der Waals surface area (Å²) in [4.78, 5) is 14.3. The maximum Gasteiger partial charge on any atom is 0.222 e. The summed E-state index contributed by atoms with van der Waals surface area (Å²) in [5.74, 6) is 1.80. The Balaban J connectivity index is 1.41. The van der Waals surface area contributed by atoms with Crippen molar-refractivity contribution >= 4 is 5.91 Å². The van der Waals surface area contributed by atoms with Crippen molar-refractivity contribution in [2.45, 2.75) is 83.8 Å². The van der Waals surface area contributed by atoms with Crippen molar-refractivity contribution < 1.29 is 19.7 Å². The predicted octanol–water partition coefficient (Wildman–Crippen LogP) is 4.09. The molecule has 3 aliphatic rings. The molecule has 0 radical (unpaired) electrons. The van der Waals surface area contributed by atoms with Gasteiger partial charge in [0.15, 0.2) is 0 Å². The highest BCUT2D eigenvalue weighted by Gasteiger charge is 2.43. The minimum absolute atomic E-state index is 0.134. The molecule has 31 heavy (non-hydrogen) atoms. The second-order valence-corrected chi connectivity index (χ2v) is 10.0. The van der Waals surface area contributed by atoms with Crippen molar-refractivity contribution in [3.8, 4) is 0 Å². The molecule has 6 atom stereocenters. The molecule has 0 aromatic heterocycles. The van der Waals surface area contributed by atoms with Crippen LogP contribution in [-0.4, -0.2) is 59.5 Å². The number of morpholine rings is 1. The minimum atomic E-state index is -0.418. The standard InChI is InChI=1S/C26H43NO4/c1-3-4-6-19(2)15-22(28)9-10-23-24-17-20(16-21(24)18-25(23)29)7-5-8-26(30)27-11-13-31-14-12-27/h9-10,16,19,21-25,28-29H,3-8,11-15,17-18H2,1-2H3/b10-9+/t19-,21-,22+,23+,24-,25+/m0/s1. The number of ether oxygens (including phenoxy) is 1. The molecule has 1 amide bonds. The quantitative estimate of drug-likeness (QED) is 0.482. The van der Waals surface area contributed by atoms with Crippen LogP contribution in [0, 0.1) is 23.7 Å². The van der Waals surface area contributed by atoms with Crippen molar-refractivity contribution in [1.82, 2.24) is 4.90 Å². The molecule has 0 bridgehead atoms. The van der Waals surface area contributed by atoms with E-state index in [-0.39, 0.29) is 17.9 Å². The lowest BCUT2D eigenvalue weighted by atomic mass is 9.88. The lowest BCUT2D eigenvalue weighted by molar-refractivity contribution is -0.135. The molecular weight excluding hydrogens is 390 g/mol. The summed E-state index contributed by atoms with van der Waals surface area (Å²) < 4.78 is 5.32. The highest BCUT2D eigenvalue weighted by molar-refractivity contribution is 5.76. The number of carbonyl (C=O) groups excluding carboxylic acids is 1. The molecule has 1 saturated carbocycles. The molecule has 176 valence electrons. The maximum absolute atomic E-state index is 12.3. The monoisotopic (exact) mass is 433 g/mol. The number of aliphatic hydroxyl groups excluding tert-OH is 2. The van der Waals surface area contributed by atoms with E-state index in [9.17, 15) is 15.0 Å². The number of fused-ring (bicyclic) bond motifs is 1. The Bertz CT molecular complexity index is 625. The van der Waals surface area contributed by atoms with E-state index in [2.05, 4.69) is 26.0 Å². The van der Waals surface area contributed by atoms with Crippen LogP contribution in [0.15, 0.2) is 23.8 Å². The molecule has 3 rings (SSSR count). The number of rotatable bonds is 11. The number of amides is 1. The predicted molar refractivity (Wildman–Crippen MR) is 123 cm³/mol. The minimum Gasteiger partial charge on any atom is -0.392 e. The van der Waals surface area contributed by atoms with Crippen molar-refractivity contribution in [2.75, 3.05) is 26.3 Å². The van der Waals surface area contributed by atoms with E-state index in [1.165, 1.54) is 24.8 Å². The second kappa shape index (κ2) is 12.2. The lowest BCUT2D eigenvalue weighted by Gasteiger charge is -2.26. The van der Waals surface area contributed by atoms with Crippen molar-refractivity contribution in [2.24, 2.45) is 23.7 Å². The largest absolute Gasteiger partial charge is 0.392 e. The van der Waals surface area contributed by atoms with E-state index < -0.39 is 6.10 Å². The third kappa shape index (κ3) is 7.16. The highest BCUT2D eigenvalue weighted by Crippen LogP contribution is 2.48. The van der Waals surface area contributed by atoms with Gasteiger partial charge in [0, 0.05) is 25.4 Å². The van der Waals surface area contributed by atoms with Gasteiger partial charge < -0.3 is 19.8 Å². The molecule has 0 aromatic rings. The van der Waals surface area contributed by atoms with Crippen LogP contribution < -0.4 is 0 Å². The van der Waals surface area contributed by atoms with Gasteiger partial charge in [0.25, 0.3) is 0 Å². The highest BCUT2D eigenvalue weighted by atomic mass is 16.5. The molecule has 0 spiro atoms. The van der Waals surface area contributed by atoms with Crippen molar-refractivity contribution in [3.63, 3.8) is 0 Å². The molecule has 2 fully saturated rings. The summed E-state index contributed by atoms with van der Waals surface area (Å²) in [5.41, 5.74) is 1.45. The summed E-state index contributed by atoms with van der Waals surface area (Å²) in [6.07, 6.45) is 14.4. The zero-order valence-corrected chi connectivity index (χ0v) is 19.5. The Morgan fingerprint density at radius 3 is 2.84 bits per heavy atom. The fraction of sp³-hybridized carbons (Fsp3) is 0.808. The average molecular weight is 434 g/mol. The molecule has 2 aliphatic carbocycles. The topological polar surface area (TPSA) is 70.0 Å². The molecule has 1 heterocycles. The van der Waals surface area contributed by atoms with Crippen molar-refractivity contribution in [3.05, 3.63) is 23.8 Å². The summed E-state index contributed by atoms with van der Waals surface area (Å²) >= 11 is 0. The number of hydrogen-bond acceptors (Lipinski definition) is 4. The third-order valence-corrected chi connectivity index (χ3v) is 7.45. The first-order valence-electron chi connectivity index (χ1n) is 12.6. The third-order valence-electron chi connectivity index (χ3n) is 7.45. The smallest absolute Gasteiger partial charge is 0.222 e. The Labute approximate surface area is 188 Å². The van der Waals surface area contributed by atoms with Crippen LogP contribution in [0.3, 0.4) is 0 Å². The van der Waals surface area contributed by atoms with Gasteiger partial charge in [-0.15, -0.1) is 0 Å². The number of allylic oxidation sites excluding steroid dienone is 2. The van der Waals surface area contributed by atoms with Crippen LogP contribution in [0.25, 0.3) is 0 Å². The van der Waals surface area contributed by atoms with E-state index >= 15 is 0 Å². The second-order valence-electron chi connectivity index (χ2n) is 10.0. The van der Waals surface area contributed by atoms with Crippen LogP contribution in [0.1, 0.15) is 71.6 Å². The first kappa shape index (κ1) is 24.5. The van der Waals surface area contributed by atoms with Gasteiger partial charge in [-0.3, -0.25) is 4.79 Å². The first-order chi connectivity index (χ1) is 15.0. The number of carbonyl (C=O) groups is 1. The Morgan fingerprint density at radius 1 is 1.32 bits per heavy atom. The van der Waals surface area contributed by atoms with E-state index in [0.29, 0.717) is 37.4 Å². The fourth-order valence-corrected chi connectivity index (χ4v) is 5.65. The van der Waals surface area contributed by atoms with Gasteiger partial charge >= 0.3 is 0 Å². The van der Waals surface area contributed by atoms with Gasteiger partial charge in [-0.2, -0.15) is 0 Å². The molecule has 1 saturated heterocycles. The van der Waals surface area contributed by atoms with Gasteiger partial charge in [0.1, 0.15) is 0 Å². The Kier molecular flexibility index (Phi) is 9.61. The number of unbranched alkanes of at least 4 members (excludes halogenated alkanes) is 1. The van der Waals surface area contributed by atoms with Gasteiger partial charge in [-0.1, -0.05) is 56.9 Å². The molecule has 0 aromatic carbocycles. The van der Waals surface area contributed by atoms with E-state index in [4.69, 9.17) is 4.74 Å². The van der Waals surface area contributed by atoms with Gasteiger partial charge in [0.05, 0.1) is 25.4 Å². The zero-order valence-electron chi connectivity index (χ0n) is 19.5. The van der Waals surface area contributed by atoms with E-state index in [1.807, 2.05) is 11.0 Å². The summed E-state index contributed by atoms with van der Waals surface area (Å²) in [6, 6.07) is 0. The number of nitrogens with zero attached hydrogens (tertiary/aromatic N) is 1. The van der Waals surface area contributed by atoms with Crippen molar-refractivity contribution in [1.29, 1.82) is 0 Å². The van der Waals surface area contributed by atoms with Crippen LogP contribution in [0.4, 0.5) is 0 Å². The van der Waals surface area contributed by atoms with Gasteiger partial charge in [0.2, 0.25) is 5.91 Å². The lowest BCUT2D eigenvalue weighted by Crippen LogP contribution is -2.40. The first-order valence-corrected chi connectivity index (χ1v) is 12.6. The normalized spacial score (nSPS) is 30.5. The molecule has 1 aliphatic heterocycles. The fourth-order valence-electron chi connectivity index (χ4n) is 5.65. The van der Waals surface area contributed by atoms with Crippen LogP contribution in [0.5, 0.6) is 0 Å². The number of aliphatic hydroxyl groups is 2. The molecule has 0 unspecified atom stereocenters. The Morgan fingerprint density at radius 2 is 2.10 bits per heavy atom. The maximum atomic E-state index is 12.3.